The lowest BCUT2D eigenvalue weighted by Gasteiger charge is -2.13. The van der Waals surface area contributed by atoms with Crippen LogP contribution in [0.4, 0.5) is 5.69 Å². The Morgan fingerprint density at radius 1 is 1.10 bits per heavy atom. The number of nitrogens with one attached hydrogen (secondary N) is 2. The van der Waals surface area contributed by atoms with Gasteiger partial charge in [0.15, 0.2) is 0 Å². The van der Waals surface area contributed by atoms with E-state index in [1.165, 1.54) is 11.1 Å². The van der Waals surface area contributed by atoms with Crippen LogP contribution in [0.5, 0.6) is 0 Å². The number of rotatable bonds is 2. The van der Waals surface area contributed by atoms with Crippen LogP contribution in [-0.4, -0.2) is 5.91 Å². The number of anilines is 1. The molecule has 4 heteroatoms. The molecule has 108 valence electrons. The Labute approximate surface area is 132 Å². The van der Waals surface area contributed by atoms with Gasteiger partial charge >= 0.3 is 0 Å². The number of hydrogen-bond acceptors (Lipinski definition) is 2. The number of aryl methyl sites for hydroxylation is 2. The second-order valence-electron chi connectivity index (χ2n) is 5.46. The lowest BCUT2D eigenvalue weighted by atomic mass is 10.0. The summed E-state index contributed by atoms with van der Waals surface area (Å²) in [6.07, 6.45) is 0. The molecule has 0 saturated carbocycles. The van der Waals surface area contributed by atoms with Crippen molar-refractivity contribution >= 4 is 27.5 Å². The minimum Gasteiger partial charge on any atom is -0.322 e. The quantitative estimate of drug-likeness (QED) is 0.866. The molecule has 0 saturated heterocycles. The van der Waals surface area contributed by atoms with Gasteiger partial charge in [-0.05, 0) is 60.4 Å². The molecule has 0 aromatic heterocycles. The Hall–Kier alpha value is -1.65. The van der Waals surface area contributed by atoms with E-state index in [0.29, 0.717) is 5.56 Å². The average molecular weight is 345 g/mol. The van der Waals surface area contributed by atoms with Gasteiger partial charge in [0.25, 0.3) is 5.91 Å². The second-order valence-corrected chi connectivity index (χ2v) is 6.37. The predicted molar refractivity (Wildman–Crippen MR) is 88.6 cm³/mol. The maximum absolute atomic E-state index is 12.5. The topological polar surface area (TPSA) is 41.1 Å². The Kier molecular flexibility index (Phi) is 3.83. The second kappa shape index (κ2) is 5.62. The number of halogens is 1. The first-order chi connectivity index (χ1) is 10.0. The monoisotopic (exact) mass is 344 g/mol. The highest BCUT2D eigenvalue weighted by molar-refractivity contribution is 9.10. The smallest absolute Gasteiger partial charge is 0.255 e. The summed E-state index contributed by atoms with van der Waals surface area (Å²) in [6, 6.07) is 9.93. The van der Waals surface area contributed by atoms with Crippen molar-refractivity contribution in [2.24, 2.45) is 0 Å². The van der Waals surface area contributed by atoms with Crippen molar-refractivity contribution in [3.05, 3.63) is 62.6 Å². The normalized spacial score (nSPS) is 13.1. The Morgan fingerprint density at radius 3 is 2.48 bits per heavy atom. The molecule has 21 heavy (non-hydrogen) atoms. The molecule has 0 spiro atoms. The third-order valence-electron chi connectivity index (χ3n) is 3.84. The lowest BCUT2D eigenvalue weighted by Crippen LogP contribution is -2.14. The molecule has 0 unspecified atom stereocenters. The largest absolute Gasteiger partial charge is 0.322 e. The van der Waals surface area contributed by atoms with E-state index in [-0.39, 0.29) is 5.91 Å². The fourth-order valence-corrected chi connectivity index (χ4v) is 3.42. The standard InChI is InChI=1S/C17H17BrN2O/c1-10-5-15(18)6-11(2)16(10)20-17(21)12-3-4-13-8-19-9-14(13)7-12/h3-7,19H,8-9H2,1-2H3,(H,20,21). The van der Waals surface area contributed by atoms with E-state index in [9.17, 15) is 4.79 Å². The molecule has 1 aliphatic rings. The summed E-state index contributed by atoms with van der Waals surface area (Å²) >= 11 is 3.47. The molecular formula is C17H17BrN2O. The minimum atomic E-state index is -0.0572. The maximum Gasteiger partial charge on any atom is 0.255 e. The molecule has 2 aromatic carbocycles. The number of benzene rings is 2. The molecule has 1 heterocycles. The van der Waals surface area contributed by atoms with Crippen LogP contribution >= 0.6 is 15.9 Å². The maximum atomic E-state index is 12.5. The van der Waals surface area contributed by atoms with E-state index < -0.39 is 0 Å². The SMILES string of the molecule is Cc1cc(Br)cc(C)c1NC(=O)c1ccc2c(c1)CNC2. The van der Waals surface area contributed by atoms with Crippen LogP contribution in [0, 0.1) is 13.8 Å². The van der Waals surface area contributed by atoms with Gasteiger partial charge in [0.05, 0.1) is 0 Å². The van der Waals surface area contributed by atoms with E-state index >= 15 is 0 Å². The third-order valence-corrected chi connectivity index (χ3v) is 4.29. The van der Waals surface area contributed by atoms with Gasteiger partial charge in [-0.1, -0.05) is 22.0 Å². The number of carbonyl (C=O) groups is 1. The zero-order valence-electron chi connectivity index (χ0n) is 12.1. The highest BCUT2D eigenvalue weighted by Crippen LogP contribution is 2.26. The van der Waals surface area contributed by atoms with Gasteiger partial charge in [-0.25, -0.2) is 0 Å². The summed E-state index contributed by atoms with van der Waals surface area (Å²) < 4.78 is 1.03. The van der Waals surface area contributed by atoms with Crippen LogP contribution in [0.15, 0.2) is 34.8 Å². The summed E-state index contributed by atoms with van der Waals surface area (Å²) in [7, 11) is 0. The Balaban J connectivity index is 1.87. The number of hydrogen-bond donors (Lipinski definition) is 2. The molecule has 0 fully saturated rings. The minimum absolute atomic E-state index is 0.0572. The first-order valence-electron chi connectivity index (χ1n) is 6.95. The summed E-state index contributed by atoms with van der Waals surface area (Å²) in [5.41, 5.74) is 6.20. The molecule has 2 N–H and O–H groups in total. The van der Waals surface area contributed by atoms with Gasteiger partial charge in [-0.3, -0.25) is 4.79 Å². The fraction of sp³-hybridized carbons (Fsp3) is 0.235. The molecular weight excluding hydrogens is 328 g/mol. The van der Waals surface area contributed by atoms with Crippen molar-refractivity contribution < 1.29 is 4.79 Å². The highest BCUT2D eigenvalue weighted by atomic mass is 79.9. The zero-order chi connectivity index (χ0) is 15.0. The summed E-state index contributed by atoms with van der Waals surface area (Å²) in [6.45, 7) is 5.73. The van der Waals surface area contributed by atoms with Crippen LogP contribution in [0.3, 0.4) is 0 Å². The molecule has 3 nitrogen and oxygen atoms in total. The Morgan fingerprint density at radius 2 is 1.76 bits per heavy atom. The molecule has 3 rings (SSSR count). The fourth-order valence-electron chi connectivity index (χ4n) is 2.73. The third kappa shape index (κ3) is 2.87. The van der Waals surface area contributed by atoms with Crippen LogP contribution in [0.2, 0.25) is 0 Å². The Bertz CT molecular complexity index is 702. The predicted octanol–water partition coefficient (Wildman–Crippen LogP) is 3.92. The van der Waals surface area contributed by atoms with E-state index in [1.807, 2.05) is 44.2 Å². The van der Waals surface area contributed by atoms with Gasteiger partial charge in [-0.2, -0.15) is 0 Å². The molecule has 0 bridgehead atoms. The van der Waals surface area contributed by atoms with Crippen LogP contribution < -0.4 is 10.6 Å². The van der Waals surface area contributed by atoms with Crippen LogP contribution in [-0.2, 0) is 13.1 Å². The van der Waals surface area contributed by atoms with Gasteiger partial charge in [0.2, 0.25) is 0 Å². The first-order valence-corrected chi connectivity index (χ1v) is 7.74. The molecule has 0 radical (unpaired) electrons. The van der Waals surface area contributed by atoms with E-state index in [2.05, 4.69) is 26.6 Å². The van der Waals surface area contributed by atoms with Crippen molar-refractivity contribution in [1.82, 2.24) is 5.32 Å². The van der Waals surface area contributed by atoms with Crippen molar-refractivity contribution in [2.45, 2.75) is 26.9 Å². The van der Waals surface area contributed by atoms with Crippen molar-refractivity contribution in [2.75, 3.05) is 5.32 Å². The van der Waals surface area contributed by atoms with Crippen molar-refractivity contribution in [3.63, 3.8) is 0 Å². The molecule has 0 aliphatic carbocycles. The van der Waals surface area contributed by atoms with Gasteiger partial charge in [-0.15, -0.1) is 0 Å². The molecule has 2 aromatic rings. The van der Waals surface area contributed by atoms with Crippen molar-refractivity contribution in [3.8, 4) is 0 Å². The van der Waals surface area contributed by atoms with Crippen LogP contribution in [0.25, 0.3) is 0 Å². The van der Waals surface area contributed by atoms with Gasteiger partial charge in [0.1, 0.15) is 0 Å². The number of amides is 1. The van der Waals surface area contributed by atoms with Crippen LogP contribution in [0.1, 0.15) is 32.6 Å². The zero-order valence-corrected chi connectivity index (χ0v) is 13.7. The highest BCUT2D eigenvalue weighted by Gasteiger charge is 2.15. The van der Waals surface area contributed by atoms with E-state index in [0.717, 1.165) is 34.4 Å². The summed E-state index contributed by atoms with van der Waals surface area (Å²) in [5.74, 6) is -0.0572. The van der Waals surface area contributed by atoms with E-state index in [4.69, 9.17) is 0 Å². The number of fused-ring (bicyclic) bond motifs is 1. The van der Waals surface area contributed by atoms with Gasteiger partial charge in [0, 0.05) is 28.8 Å². The van der Waals surface area contributed by atoms with Crippen molar-refractivity contribution in [1.29, 1.82) is 0 Å². The average Bonchev–Trinajstić information content (AvgIpc) is 2.89. The molecule has 0 atom stereocenters. The summed E-state index contributed by atoms with van der Waals surface area (Å²) in [5, 5.41) is 6.32. The first kappa shape index (κ1) is 14.3. The molecule has 1 amide bonds. The van der Waals surface area contributed by atoms with Gasteiger partial charge < -0.3 is 10.6 Å². The van der Waals surface area contributed by atoms with E-state index in [1.54, 1.807) is 0 Å². The lowest BCUT2D eigenvalue weighted by molar-refractivity contribution is 0.102. The molecule has 1 aliphatic heterocycles. The number of carbonyl (C=O) groups excluding carboxylic acids is 1. The summed E-state index contributed by atoms with van der Waals surface area (Å²) in [4.78, 5) is 12.5.